The summed E-state index contributed by atoms with van der Waals surface area (Å²) in [7, 11) is -4.32. The van der Waals surface area contributed by atoms with Gasteiger partial charge in [-0.1, -0.05) is 12.1 Å². The third-order valence-electron chi connectivity index (χ3n) is 2.69. The SMILES string of the molecule is O=C(O)C(Cl)Cc1nc2ccccc2n1CP(=O)(O)O. The van der Waals surface area contributed by atoms with Crippen molar-refractivity contribution in [3.63, 3.8) is 0 Å². The molecule has 3 N–H and O–H groups in total. The average Bonchev–Trinajstić information content (AvgIpc) is 2.65. The number of aliphatic carboxylic acids is 1. The maximum atomic E-state index is 11.2. The lowest BCUT2D eigenvalue weighted by Gasteiger charge is -2.11. The summed E-state index contributed by atoms with van der Waals surface area (Å²) in [5.41, 5.74) is 1.06. The molecule has 0 radical (unpaired) electrons. The maximum Gasteiger partial charge on any atom is 0.345 e. The first-order valence-corrected chi connectivity index (χ1v) is 7.87. The van der Waals surface area contributed by atoms with Crippen molar-refractivity contribution in [2.24, 2.45) is 0 Å². The number of rotatable bonds is 5. The van der Waals surface area contributed by atoms with E-state index in [4.69, 9.17) is 26.5 Å². The van der Waals surface area contributed by atoms with Crippen LogP contribution < -0.4 is 0 Å². The second-order valence-electron chi connectivity index (χ2n) is 4.26. The molecule has 1 heterocycles. The van der Waals surface area contributed by atoms with Gasteiger partial charge in [-0.2, -0.15) is 0 Å². The molecule has 2 aromatic rings. The lowest BCUT2D eigenvalue weighted by molar-refractivity contribution is -0.136. The number of nitrogens with zero attached hydrogens (tertiary/aromatic N) is 2. The van der Waals surface area contributed by atoms with Crippen LogP contribution in [0.3, 0.4) is 0 Å². The lowest BCUT2D eigenvalue weighted by Crippen LogP contribution is -2.19. The molecule has 20 heavy (non-hydrogen) atoms. The third-order valence-corrected chi connectivity index (χ3v) is 3.68. The van der Waals surface area contributed by atoms with Crippen molar-refractivity contribution in [1.82, 2.24) is 9.55 Å². The van der Waals surface area contributed by atoms with Gasteiger partial charge in [0.2, 0.25) is 0 Å². The molecule has 1 aromatic carbocycles. The molecule has 0 aliphatic heterocycles. The summed E-state index contributed by atoms with van der Waals surface area (Å²) in [4.78, 5) is 33.2. The van der Waals surface area contributed by atoms with Gasteiger partial charge in [-0.3, -0.25) is 9.36 Å². The van der Waals surface area contributed by atoms with E-state index in [2.05, 4.69) is 4.98 Å². The fourth-order valence-corrected chi connectivity index (χ4v) is 2.69. The van der Waals surface area contributed by atoms with Crippen molar-refractivity contribution < 1.29 is 24.3 Å². The van der Waals surface area contributed by atoms with Gasteiger partial charge in [-0.15, -0.1) is 11.6 Å². The molecule has 1 unspecified atom stereocenters. The van der Waals surface area contributed by atoms with Crippen molar-refractivity contribution in [2.45, 2.75) is 18.1 Å². The number of alkyl halides is 1. The number of carboxylic acid groups (broad SMARTS) is 1. The first-order valence-electron chi connectivity index (χ1n) is 5.63. The Morgan fingerprint density at radius 3 is 2.65 bits per heavy atom. The first kappa shape index (κ1) is 15.0. The van der Waals surface area contributed by atoms with Gasteiger partial charge in [0.25, 0.3) is 0 Å². The molecular formula is C11H12ClN2O5P. The van der Waals surface area contributed by atoms with Crippen LogP contribution in [0.1, 0.15) is 5.82 Å². The van der Waals surface area contributed by atoms with Crippen molar-refractivity contribution in [3.05, 3.63) is 30.1 Å². The zero-order valence-electron chi connectivity index (χ0n) is 10.2. The second-order valence-corrected chi connectivity index (χ2v) is 6.40. The number of carboxylic acids is 1. The molecule has 108 valence electrons. The van der Waals surface area contributed by atoms with Crippen molar-refractivity contribution in [2.75, 3.05) is 0 Å². The summed E-state index contributed by atoms with van der Waals surface area (Å²) in [6.45, 7) is 0. The molecule has 1 aromatic heterocycles. The summed E-state index contributed by atoms with van der Waals surface area (Å²) < 4.78 is 12.5. The number of benzene rings is 1. The van der Waals surface area contributed by atoms with E-state index < -0.39 is 25.2 Å². The smallest absolute Gasteiger partial charge is 0.345 e. The van der Waals surface area contributed by atoms with E-state index >= 15 is 0 Å². The first-order chi connectivity index (χ1) is 9.28. The van der Waals surface area contributed by atoms with E-state index in [1.165, 1.54) is 4.57 Å². The highest BCUT2D eigenvalue weighted by Crippen LogP contribution is 2.38. The Labute approximate surface area is 119 Å². The van der Waals surface area contributed by atoms with Gasteiger partial charge in [0.15, 0.2) is 0 Å². The van der Waals surface area contributed by atoms with Gasteiger partial charge in [0, 0.05) is 6.42 Å². The number of halogens is 1. The molecule has 2 rings (SSSR count). The minimum absolute atomic E-state index is 0.119. The van der Waals surface area contributed by atoms with Crippen molar-refractivity contribution >= 4 is 36.2 Å². The third kappa shape index (κ3) is 3.37. The standard InChI is InChI=1S/C11H12ClN2O5P/c12-7(11(15)16)5-10-13-8-3-1-2-4-9(8)14(10)6-20(17,18)19/h1-4,7H,5-6H2,(H,15,16)(H2,17,18,19). The van der Waals surface area contributed by atoms with Gasteiger partial charge < -0.3 is 19.5 Å². The van der Waals surface area contributed by atoms with E-state index in [1.54, 1.807) is 24.3 Å². The molecule has 0 aliphatic rings. The number of para-hydroxylation sites is 2. The molecule has 0 saturated heterocycles. The quantitative estimate of drug-likeness (QED) is 0.567. The average molecular weight is 319 g/mol. The van der Waals surface area contributed by atoms with Crippen LogP contribution in [0.2, 0.25) is 0 Å². The fourth-order valence-electron chi connectivity index (χ4n) is 1.87. The molecular weight excluding hydrogens is 307 g/mol. The minimum atomic E-state index is -4.32. The van der Waals surface area contributed by atoms with Crippen LogP contribution in [-0.2, 0) is 22.1 Å². The Balaban J connectivity index is 2.49. The number of fused-ring (bicyclic) bond motifs is 1. The van der Waals surface area contributed by atoms with Crippen LogP contribution >= 0.6 is 19.2 Å². The van der Waals surface area contributed by atoms with Gasteiger partial charge in [-0.25, -0.2) is 4.98 Å². The Morgan fingerprint density at radius 2 is 2.05 bits per heavy atom. The molecule has 7 nitrogen and oxygen atoms in total. The zero-order valence-corrected chi connectivity index (χ0v) is 11.8. The highest BCUT2D eigenvalue weighted by molar-refractivity contribution is 7.50. The van der Waals surface area contributed by atoms with Gasteiger partial charge in [0.1, 0.15) is 17.5 Å². The molecule has 9 heteroatoms. The van der Waals surface area contributed by atoms with E-state index in [-0.39, 0.29) is 12.2 Å². The predicted octanol–water partition coefficient (Wildman–Crippen LogP) is 1.41. The highest BCUT2D eigenvalue weighted by Gasteiger charge is 2.23. The fraction of sp³-hybridized carbons (Fsp3) is 0.273. The summed E-state index contributed by atoms with van der Waals surface area (Å²) in [6, 6.07) is 6.78. The minimum Gasteiger partial charge on any atom is -0.480 e. The molecule has 0 amide bonds. The normalized spacial score (nSPS) is 13.6. The van der Waals surface area contributed by atoms with Crippen LogP contribution in [0.25, 0.3) is 11.0 Å². The summed E-state index contributed by atoms with van der Waals surface area (Å²) in [5.74, 6) is -0.974. The largest absolute Gasteiger partial charge is 0.480 e. The Bertz CT molecular complexity index is 695. The van der Waals surface area contributed by atoms with Crippen LogP contribution in [0.15, 0.2) is 24.3 Å². The summed E-state index contributed by atoms with van der Waals surface area (Å²) in [5, 5.41) is 7.61. The van der Waals surface area contributed by atoms with Gasteiger partial charge >= 0.3 is 13.6 Å². The number of carbonyl (C=O) groups is 1. The highest BCUT2D eigenvalue weighted by atomic mass is 35.5. The summed E-state index contributed by atoms with van der Waals surface area (Å²) in [6.07, 6.45) is -0.683. The monoisotopic (exact) mass is 318 g/mol. The number of aromatic nitrogens is 2. The van der Waals surface area contributed by atoms with Crippen LogP contribution in [0.5, 0.6) is 0 Å². The molecule has 0 fully saturated rings. The van der Waals surface area contributed by atoms with Crippen molar-refractivity contribution in [1.29, 1.82) is 0 Å². The Hall–Kier alpha value is -1.40. The maximum absolute atomic E-state index is 11.2. The summed E-state index contributed by atoms with van der Waals surface area (Å²) >= 11 is 5.67. The molecule has 1 atom stereocenters. The van der Waals surface area contributed by atoms with Crippen LogP contribution in [0, 0.1) is 0 Å². The molecule has 0 spiro atoms. The predicted molar refractivity (Wildman–Crippen MR) is 72.8 cm³/mol. The number of imidazole rings is 1. The molecule has 0 saturated carbocycles. The second kappa shape index (κ2) is 5.54. The van der Waals surface area contributed by atoms with Gasteiger partial charge in [-0.05, 0) is 12.1 Å². The molecule has 0 aliphatic carbocycles. The zero-order chi connectivity index (χ0) is 14.9. The van der Waals surface area contributed by atoms with Crippen LogP contribution in [0.4, 0.5) is 0 Å². The number of hydrogen-bond donors (Lipinski definition) is 3. The lowest BCUT2D eigenvalue weighted by atomic mass is 10.3. The van der Waals surface area contributed by atoms with E-state index in [1.807, 2.05) is 0 Å². The van der Waals surface area contributed by atoms with Gasteiger partial charge in [0.05, 0.1) is 11.0 Å². The van der Waals surface area contributed by atoms with E-state index in [0.717, 1.165) is 0 Å². The topological polar surface area (TPSA) is 113 Å². The molecule has 0 bridgehead atoms. The Kier molecular flexibility index (Phi) is 4.15. The number of hydrogen-bond acceptors (Lipinski definition) is 3. The van der Waals surface area contributed by atoms with E-state index in [0.29, 0.717) is 11.0 Å². The van der Waals surface area contributed by atoms with Crippen LogP contribution in [-0.4, -0.2) is 35.8 Å². The van der Waals surface area contributed by atoms with E-state index in [9.17, 15) is 9.36 Å². The Morgan fingerprint density at radius 1 is 1.40 bits per heavy atom. The van der Waals surface area contributed by atoms with Crippen molar-refractivity contribution in [3.8, 4) is 0 Å².